The molecule has 0 aromatic heterocycles. The SMILES string of the molecule is CC(C)=CC(=O)O[C@H]1C/C=C(\C)CC[C@@H](C(C)C)[C@@H](O)/C=C/1C. The zero-order valence-corrected chi connectivity index (χ0v) is 15.4. The highest BCUT2D eigenvalue weighted by molar-refractivity contribution is 5.82. The van der Waals surface area contributed by atoms with Gasteiger partial charge in [0, 0.05) is 12.5 Å². The van der Waals surface area contributed by atoms with E-state index in [0.29, 0.717) is 12.3 Å². The largest absolute Gasteiger partial charge is 0.454 e. The summed E-state index contributed by atoms with van der Waals surface area (Å²) in [5.74, 6) is 0.314. The number of carbonyl (C=O) groups excluding carboxylic acids is 1. The van der Waals surface area contributed by atoms with Gasteiger partial charge in [-0.2, -0.15) is 0 Å². The van der Waals surface area contributed by atoms with E-state index in [9.17, 15) is 9.90 Å². The van der Waals surface area contributed by atoms with Crippen LogP contribution < -0.4 is 0 Å². The van der Waals surface area contributed by atoms with E-state index >= 15 is 0 Å². The van der Waals surface area contributed by atoms with Gasteiger partial charge in [0.25, 0.3) is 0 Å². The van der Waals surface area contributed by atoms with Gasteiger partial charge in [0.05, 0.1) is 6.10 Å². The van der Waals surface area contributed by atoms with Crippen LogP contribution in [0.2, 0.25) is 0 Å². The predicted octanol–water partition coefficient (Wildman–Crippen LogP) is 4.57. The van der Waals surface area contributed by atoms with E-state index in [4.69, 9.17) is 4.74 Å². The second kappa shape index (κ2) is 9.07. The van der Waals surface area contributed by atoms with Gasteiger partial charge >= 0.3 is 5.97 Å². The Morgan fingerprint density at radius 3 is 2.57 bits per heavy atom. The molecule has 0 aromatic rings. The van der Waals surface area contributed by atoms with Crippen molar-refractivity contribution in [2.45, 2.75) is 73.0 Å². The average Bonchev–Trinajstić information content (AvgIpc) is 2.41. The van der Waals surface area contributed by atoms with Gasteiger partial charge in [-0.05, 0) is 57.9 Å². The molecule has 0 spiro atoms. The van der Waals surface area contributed by atoms with Crippen LogP contribution >= 0.6 is 0 Å². The standard InChI is InChI=1S/C20H32O3/c1-13(2)11-20(22)23-19-10-8-15(5)7-9-17(14(3)4)18(21)12-16(19)6/h8,11-12,14,17-19,21H,7,9-10H2,1-6H3/b15-8+,16-12+/t17-,18-,19-/m0/s1. The molecule has 1 rings (SSSR count). The minimum absolute atomic E-state index is 0.223. The van der Waals surface area contributed by atoms with E-state index in [1.807, 2.05) is 26.8 Å². The van der Waals surface area contributed by atoms with Gasteiger partial charge in [0.1, 0.15) is 6.10 Å². The molecule has 0 fully saturated rings. The zero-order chi connectivity index (χ0) is 17.6. The van der Waals surface area contributed by atoms with Gasteiger partial charge in [-0.15, -0.1) is 0 Å². The first-order valence-electron chi connectivity index (χ1n) is 8.58. The number of hydrogen-bond donors (Lipinski definition) is 1. The Labute approximate surface area is 141 Å². The number of rotatable bonds is 3. The van der Waals surface area contributed by atoms with Crippen LogP contribution in [-0.2, 0) is 9.53 Å². The molecule has 0 saturated heterocycles. The summed E-state index contributed by atoms with van der Waals surface area (Å²) in [6, 6.07) is 0. The van der Waals surface area contributed by atoms with Crippen molar-refractivity contribution in [2.75, 3.05) is 0 Å². The highest BCUT2D eigenvalue weighted by Crippen LogP contribution is 2.27. The number of esters is 1. The molecule has 0 aromatic carbocycles. The topological polar surface area (TPSA) is 46.5 Å². The van der Waals surface area contributed by atoms with E-state index in [1.54, 1.807) is 0 Å². The fraction of sp³-hybridized carbons (Fsp3) is 0.650. The summed E-state index contributed by atoms with van der Waals surface area (Å²) in [5, 5.41) is 10.6. The third-order valence-electron chi connectivity index (χ3n) is 4.45. The Bertz CT molecular complexity index is 493. The lowest BCUT2D eigenvalue weighted by Crippen LogP contribution is -2.26. The summed E-state index contributed by atoms with van der Waals surface area (Å²) in [6.45, 7) is 12.1. The summed E-state index contributed by atoms with van der Waals surface area (Å²) < 4.78 is 5.60. The fourth-order valence-electron chi connectivity index (χ4n) is 2.94. The Morgan fingerprint density at radius 1 is 1.35 bits per heavy atom. The Hall–Kier alpha value is -1.35. The smallest absolute Gasteiger partial charge is 0.331 e. The summed E-state index contributed by atoms with van der Waals surface area (Å²) in [5.41, 5.74) is 3.13. The Balaban J connectivity index is 3.02. The maximum absolute atomic E-state index is 11.9. The lowest BCUT2D eigenvalue weighted by Gasteiger charge is -2.27. The van der Waals surface area contributed by atoms with E-state index in [1.165, 1.54) is 11.6 Å². The molecule has 3 atom stereocenters. The molecule has 3 nitrogen and oxygen atoms in total. The minimum atomic E-state index is -0.495. The molecule has 0 saturated carbocycles. The second-order valence-electron chi connectivity index (χ2n) is 7.28. The van der Waals surface area contributed by atoms with Crippen LogP contribution in [0.25, 0.3) is 0 Å². The fourth-order valence-corrected chi connectivity index (χ4v) is 2.94. The number of aliphatic hydroxyl groups is 1. The number of ether oxygens (including phenoxy) is 1. The van der Waals surface area contributed by atoms with Gasteiger partial charge < -0.3 is 9.84 Å². The minimum Gasteiger partial charge on any atom is -0.454 e. The van der Waals surface area contributed by atoms with E-state index < -0.39 is 6.10 Å². The molecule has 1 N–H and O–H groups in total. The van der Waals surface area contributed by atoms with Crippen LogP contribution in [0.4, 0.5) is 0 Å². The normalized spacial score (nSPS) is 30.7. The molecule has 0 heterocycles. The van der Waals surface area contributed by atoms with Crippen molar-refractivity contribution in [3.63, 3.8) is 0 Å². The van der Waals surface area contributed by atoms with Gasteiger partial charge in [-0.3, -0.25) is 0 Å². The summed E-state index contributed by atoms with van der Waals surface area (Å²) in [4.78, 5) is 11.9. The van der Waals surface area contributed by atoms with Crippen molar-refractivity contribution in [1.82, 2.24) is 0 Å². The van der Waals surface area contributed by atoms with Crippen LogP contribution in [0.3, 0.4) is 0 Å². The van der Waals surface area contributed by atoms with Gasteiger partial charge in [-0.1, -0.05) is 37.1 Å². The van der Waals surface area contributed by atoms with Gasteiger partial charge in [0.15, 0.2) is 0 Å². The van der Waals surface area contributed by atoms with Crippen molar-refractivity contribution in [3.8, 4) is 0 Å². The third-order valence-corrected chi connectivity index (χ3v) is 4.45. The van der Waals surface area contributed by atoms with Crippen LogP contribution in [0.15, 0.2) is 34.9 Å². The maximum atomic E-state index is 11.9. The molecule has 1 aliphatic rings. The van der Waals surface area contributed by atoms with E-state index in [2.05, 4.69) is 26.8 Å². The molecular formula is C20H32O3. The molecule has 1 aliphatic carbocycles. The number of carbonyl (C=O) groups is 1. The molecule has 0 bridgehead atoms. The number of aliphatic hydroxyl groups excluding tert-OH is 1. The molecule has 130 valence electrons. The molecular weight excluding hydrogens is 288 g/mol. The van der Waals surface area contributed by atoms with Crippen molar-refractivity contribution in [3.05, 3.63) is 34.9 Å². The maximum Gasteiger partial charge on any atom is 0.331 e. The van der Waals surface area contributed by atoms with E-state index in [-0.39, 0.29) is 18.0 Å². The highest BCUT2D eigenvalue weighted by atomic mass is 16.5. The van der Waals surface area contributed by atoms with Crippen LogP contribution in [0.1, 0.15) is 60.8 Å². The molecule has 23 heavy (non-hydrogen) atoms. The number of allylic oxidation sites excluding steroid dienone is 2. The van der Waals surface area contributed by atoms with Crippen molar-refractivity contribution in [2.24, 2.45) is 11.8 Å². The third kappa shape index (κ3) is 6.74. The predicted molar refractivity (Wildman–Crippen MR) is 95.0 cm³/mol. The van der Waals surface area contributed by atoms with Gasteiger partial charge in [0.2, 0.25) is 0 Å². The number of hydrogen-bond acceptors (Lipinski definition) is 3. The molecule has 3 heteroatoms. The molecule has 0 unspecified atom stereocenters. The first-order valence-corrected chi connectivity index (χ1v) is 8.58. The molecule has 0 aliphatic heterocycles. The van der Waals surface area contributed by atoms with Crippen molar-refractivity contribution < 1.29 is 14.6 Å². The molecule has 0 radical (unpaired) electrons. The van der Waals surface area contributed by atoms with E-state index in [0.717, 1.165) is 24.0 Å². The summed E-state index contributed by atoms with van der Waals surface area (Å²) >= 11 is 0. The Kier molecular flexibility index (Phi) is 7.77. The monoisotopic (exact) mass is 320 g/mol. The quantitative estimate of drug-likeness (QED) is 0.470. The summed E-state index contributed by atoms with van der Waals surface area (Å²) in [7, 11) is 0. The molecule has 0 amide bonds. The van der Waals surface area contributed by atoms with Crippen molar-refractivity contribution in [1.29, 1.82) is 0 Å². The first kappa shape index (κ1) is 19.7. The highest BCUT2D eigenvalue weighted by Gasteiger charge is 2.24. The van der Waals surface area contributed by atoms with Crippen molar-refractivity contribution >= 4 is 5.97 Å². The van der Waals surface area contributed by atoms with Gasteiger partial charge in [-0.25, -0.2) is 4.79 Å². The Morgan fingerprint density at radius 2 is 2.00 bits per heavy atom. The first-order chi connectivity index (χ1) is 10.7. The van der Waals surface area contributed by atoms with Crippen LogP contribution in [-0.4, -0.2) is 23.3 Å². The second-order valence-corrected chi connectivity index (χ2v) is 7.28. The zero-order valence-electron chi connectivity index (χ0n) is 15.4. The summed E-state index contributed by atoms with van der Waals surface area (Å²) in [6.07, 6.45) is 7.35. The average molecular weight is 320 g/mol. The van der Waals surface area contributed by atoms with Crippen LogP contribution in [0.5, 0.6) is 0 Å². The van der Waals surface area contributed by atoms with Crippen LogP contribution in [0, 0.1) is 11.8 Å². The lowest BCUT2D eigenvalue weighted by molar-refractivity contribution is -0.141. The lowest BCUT2D eigenvalue weighted by atomic mass is 9.83.